The molecule has 10 nitrogen and oxygen atoms in total. The van der Waals surface area contributed by atoms with Gasteiger partial charge in [0.15, 0.2) is 34.9 Å². The number of thiophene rings is 5. The van der Waals surface area contributed by atoms with E-state index in [-0.39, 0.29) is 15.9 Å². The van der Waals surface area contributed by atoms with Crippen LogP contribution < -0.4 is 0 Å². The molecule has 0 aliphatic carbocycles. The summed E-state index contributed by atoms with van der Waals surface area (Å²) in [6.45, 7) is 0. The van der Waals surface area contributed by atoms with Gasteiger partial charge in [0, 0.05) is 145 Å². The lowest BCUT2D eigenvalue weighted by Gasteiger charge is -2.06. The predicted octanol–water partition coefficient (Wildman–Crippen LogP) is 25.3. The Balaban J connectivity index is 0.000000104. The van der Waals surface area contributed by atoms with Crippen LogP contribution in [0.2, 0.25) is 15.9 Å². The van der Waals surface area contributed by atoms with Crippen molar-refractivity contribution in [3.63, 3.8) is 0 Å². The summed E-state index contributed by atoms with van der Waals surface area (Å²) >= 11 is 28.0. The molecule has 0 aliphatic heterocycles. The van der Waals surface area contributed by atoms with Gasteiger partial charge in [0.25, 0.3) is 0 Å². The highest BCUT2D eigenvalue weighted by molar-refractivity contribution is 7.27. The number of hydrogen-bond donors (Lipinski definition) is 0. The molecule has 21 rings (SSSR count). The molecule has 0 amide bonds. The van der Waals surface area contributed by atoms with Crippen LogP contribution in [0.15, 0.2) is 259 Å². The summed E-state index contributed by atoms with van der Waals surface area (Å²) in [6.07, 6.45) is 0. The number of nitrogens with zero attached hydrogens (tertiary/aromatic N) is 9. The minimum absolute atomic E-state index is 0.165. The standard InChI is InChI=1S/C27H14ClN3OS.2C27H14ClN3S2/c28-27-30-25(15-12-13-17-16-6-1-3-10-21(16)32-22(17)14-15)29-26(31-27)20-9-5-8-19-18-7-2-4-11-23(18)33-24(19)20;28-27-30-25(15-12-13-18-16-6-1-3-10-21(16)32-23(18)14-15)29-26(31-27)20-9-5-8-19-17-7-2-4-11-22(17)33-24(19)20;28-27-30-25(15-9-11-19-17-5-1-3-7-21(17)32-23(19)13-15)29-26(31-27)16-10-12-20-18-6-2-4-8-22(18)33-24(20)14-16/h3*1-14H. The Morgan fingerprint density at radius 3 is 0.899 bits per heavy atom. The first-order chi connectivity index (χ1) is 48.7. The number of hydrogen-bond acceptors (Lipinski definition) is 15. The second-order valence-corrected chi connectivity index (χ2v) is 29.9. The molecule has 21 aromatic rings. The van der Waals surface area contributed by atoms with Gasteiger partial charge in [-0.25, -0.2) is 15.0 Å². The van der Waals surface area contributed by atoms with E-state index in [0.29, 0.717) is 34.9 Å². The molecule has 0 aliphatic rings. The Kier molecular flexibility index (Phi) is 14.7. The van der Waals surface area contributed by atoms with Crippen molar-refractivity contribution in [3.05, 3.63) is 271 Å². The molecule has 9 heterocycles. The number of rotatable bonds is 6. The van der Waals surface area contributed by atoms with Crippen molar-refractivity contribution in [2.75, 3.05) is 0 Å². The van der Waals surface area contributed by atoms with Crippen molar-refractivity contribution in [3.8, 4) is 68.3 Å². The van der Waals surface area contributed by atoms with Crippen LogP contribution in [0.5, 0.6) is 0 Å². The maximum Gasteiger partial charge on any atom is 0.226 e. The van der Waals surface area contributed by atoms with Crippen LogP contribution in [0.3, 0.4) is 0 Å². The van der Waals surface area contributed by atoms with Gasteiger partial charge >= 0.3 is 0 Å². The monoisotopic (exact) mass is 1420 g/mol. The van der Waals surface area contributed by atoms with Gasteiger partial charge in [0.1, 0.15) is 11.2 Å². The molecule has 0 radical (unpaired) electrons. The lowest BCUT2D eigenvalue weighted by Crippen LogP contribution is -1.97. The van der Waals surface area contributed by atoms with E-state index in [9.17, 15) is 0 Å². The molecule has 0 N–H and O–H groups in total. The van der Waals surface area contributed by atoms with Gasteiger partial charge in [-0.05, 0) is 114 Å². The molecule has 0 atom stereocenters. The normalized spacial score (nSPS) is 11.8. The van der Waals surface area contributed by atoms with E-state index in [4.69, 9.17) is 54.2 Å². The highest BCUT2D eigenvalue weighted by Gasteiger charge is 2.20. The number of benzene rings is 12. The Bertz CT molecular complexity index is 6450. The minimum Gasteiger partial charge on any atom is -0.456 e. The zero-order valence-corrected chi connectivity index (χ0v) is 57.7. The molecule has 0 fully saturated rings. The van der Waals surface area contributed by atoms with Gasteiger partial charge in [-0.1, -0.05) is 176 Å². The molecule has 0 unspecified atom stereocenters. The number of para-hydroxylation sites is 1. The van der Waals surface area contributed by atoms with Crippen LogP contribution in [-0.2, 0) is 0 Å². The molecule has 9 aromatic heterocycles. The van der Waals surface area contributed by atoms with Gasteiger partial charge < -0.3 is 4.42 Å². The Hall–Kier alpha value is -10.6. The van der Waals surface area contributed by atoms with E-state index in [0.717, 1.165) is 64.7 Å². The summed E-state index contributed by atoms with van der Waals surface area (Å²) in [5.74, 6) is 3.43. The lowest BCUT2D eigenvalue weighted by molar-refractivity contribution is 0.669. The predicted molar refractivity (Wildman–Crippen MR) is 419 cm³/mol. The molecular formula is C81H42Cl3N9OS5. The van der Waals surface area contributed by atoms with Crippen molar-refractivity contribution in [2.24, 2.45) is 0 Å². The van der Waals surface area contributed by atoms with E-state index in [1.54, 1.807) is 56.7 Å². The maximum atomic E-state index is 6.41. The van der Waals surface area contributed by atoms with Crippen LogP contribution in [-0.4, -0.2) is 44.9 Å². The first kappa shape index (κ1) is 59.7. The Labute approximate surface area is 597 Å². The fourth-order valence-electron chi connectivity index (χ4n) is 13.1. The van der Waals surface area contributed by atoms with Crippen LogP contribution >= 0.6 is 91.5 Å². The molecule has 468 valence electrons. The number of fused-ring (bicyclic) bond motifs is 18. The maximum absolute atomic E-state index is 6.41. The van der Waals surface area contributed by atoms with Crippen molar-refractivity contribution >= 4 is 214 Å². The van der Waals surface area contributed by atoms with Gasteiger partial charge in [-0.15, -0.1) is 56.7 Å². The number of halogens is 3. The largest absolute Gasteiger partial charge is 0.456 e. The van der Waals surface area contributed by atoms with Crippen molar-refractivity contribution in [2.45, 2.75) is 0 Å². The lowest BCUT2D eigenvalue weighted by atomic mass is 10.1. The molecule has 0 saturated heterocycles. The van der Waals surface area contributed by atoms with E-state index >= 15 is 0 Å². The Morgan fingerprint density at radius 2 is 0.495 bits per heavy atom. The molecule has 0 saturated carbocycles. The first-order valence-electron chi connectivity index (χ1n) is 31.4. The second kappa shape index (κ2) is 24.5. The van der Waals surface area contributed by atoms with E-state index in [2.05, 4.69) is 236 Å². The third kappa shape index (κ3) is 10.8. The highest BCUT2D eigenvalue weighted by Crippen LogP contribution is 2.44. The molecular weight excluding hydrogens is 1380 g/mol. The summed E-state index contributed by atoms with van der Waals surface area (Å²) in [5.41, 5.74) is 7.20. The van der Waals surface area contributed by atoms with Gasteiger partial charge in [-0.2, -0.15) is 29.9 Å². The average molecular weight is 1420 g/mol. The zero-order chi connectivity index (χ0) is 65.8. The third-order valence-electron chi connectivity index (χ3n) is 17.7. The van der Waals surface area contributed by atoms with Gasteiger partial charge in [0.2, 0.25) is 15.9 Å². The van der Waals surface area contributed by atoms with Gasteiger partial charge in [-0.3, -0.25) is 0 Å². The summed E-state index contributed by atoms with van der Waals surface area (Å²) in [5, 5.41) is 15.1. The first-order valence-corrected chi connectivity index (χ1v) is 36.7. The smallest absolute Gasteiger partial charge is 0.226 e. The summed E-state index contributed by atoms with van der Waals surface area (Å²) in [4.78, 5) is 41.2. The van der Waals surface area contributed by atoms with E-state index in [1.807, 2.05) is 48.5 Å². The van der Waals surface area contributed by atoms with E-state index < -0.39 is 0 Å². The summed E-state index contributed by atoms with van der Waals surface area (Å²) in [6, 6.07) is 87.8. The summed E-state index contributed by atoms with van der Waals surface area (Å²) < 4.78 is 18.3. The van der Waals surface area contributed by atoms with E-state index in [1.165, 1.54) is 91.5 Å². The van der Waals surface area contributed by atoms with Crippen molar-refractivity contribution in [1.29, 1.82) is 0 Å². The second-order valence-electron chi connectivity index (χ2n) is 23.6. The number of aromatic nitrogens is 9. The molecule has 12 aromatic carbocycles. The molecule has 18 heteroatoms. The van der Waals surface area contributed by atoms with Crippen LogP contribution in [0.25, 0.3) is 191 Å². The summed E-state index contributed by atoms with van der Waals surface area (Å²) in [7, 11) is 0. The SMILES string of the molecule is Clc1nc(-c2ccc3c(c2)oc2ccccc23)nc(-c2cccc3c2sc2ccccc23)n1.Clc1nc(-c2ccc3c(c2)sc2ccccc23)nc(-c2ccc3c(c2)sc2ccccc23)n1.Clc1nc(-c2ccc3c(c2)sc2ccccc23)nc(-c2cccc3c2sc2ccccc23)n1. The minimum atomic E-state index is 0.165. The third-order valence-corrected chi connectivity index (χ3v) is 24.0. The van der Waals surface area contributed by atoms with Crippen LogP contribution in [0.4, 0.5) is 0 Å². The van der Waals surface area contributed by atoms with Crippen molar-refractivity contribution < 1.29 is 4.42 Å². The molecule has 99 heavy (non-hydrogen) atoms. The molecule has 0 bridgehead atoms. The van der Waals surface area contributed by atoms with Crippen LogP contribution in [0.1, 0.15) is 0 Å². The Morgan fingerprint density at radius 1 is 0.212 bits per heavy atom. The highest BCUT2D eigenvalue weighted by atomic mass is 35.5. The molecule has 0 spiro atoms. The van der Waals surface area contributed by atoms with Crippen molar-refractivity contribution in [1.82, 2.24) is 44.9 Å². The van der Waals surface area contributed by atoms with Crippen LogP contribution in [0, 0.1) is 0 Å². The topological polar surface area (TPSA) is 129 Å². The fraction of sp³-hybridized carbons (Fsp3) is 0. The average Bonchev–Trinajstić information content (AvgIpc) is 1.68. The fourth-order valence-corrected chi connectivity index (χ4v) is 19.5. The zero-order valence-electron chi connectivity index (χ0n) is 51.4. The quantitative estimate of drug-likeness (QED) is 0.159. The number of furan rings is 1. The van der Waals surface area contributed by atoms with Gasteiger partial charge in [0.05, 0.1) is 0 Å².